The van der Waals surface area contributed by atoms with Gasteiger partial charge in [0.2, 0.25) is 0 Å². The van der Waals surface area contributed by atoms with Gasteiger partial charge in [0, 0.05) is 13.2 Å². The first-order chi connectivity index (χ1) is 4.34. The van der Waals surface area contributed by atoms with Crippen LogP contribution < -0.4 is 5.32 Å². The van der Waals surface area contributed by atoms with E-state index in [4.69, 9.17) is 11.6 Å². The summed E-state index contributed by atoms with van der Waals surface area (Å²) in [7, 11) is 1.78. The number of hydrogen-bond acceptors (Lipinski definition) is 2. The second-order valence-electron chi connectivity index (χ2n) is 1.53. The molecule has 0 spiro atoms. The van der Waals surface area contributed by atoms with Crippen molar-refractivity contribution in [2.45, 2.75) is 0 Å². The van der Waals surface area contributed by atoms with Crippen molar-refractivity contribution in [2.24, 2.45) is 0 Å². The molecule has 0 amide bonds. The molecule has 1 N–H and O–H groups in total. The Labute approximate surface area is 58.9 Å². The zero-order valence-electron chi connectivity index (χ0n) is 4.98. The van der Waals surface area contributed by atoms with Crippen LogP contribution in [0.1, 0.15) is 0 Å². The molecule has 0 saturated carbocycles. The van der Waals surface area contributed by atoms with Crippen molar-refractivity contribution in [3.63, 3.8) is 0 Å². The Morgan fingerprint density at radius 2 is 2.56 bits per heavy atom. The van der Waals surface area contributed by atoms with Crippen molar-refractivity contribution in [1.82, 2.24) is 4.98 Å². The van der Waals surface area contributed by atoms with Gasteiger partial charge in [0.25, 0.3) is 0 Å². The van der Waals surface area contributed by atoms with Crippen LogP contribution in [0.4, 0.5) is 5.69 Å². The van der Waals surface area contributed by atoms with Gasteiger partial charge in [-0.2, -0.15) is 0 Å². The second-order valence-corrected chi connectivity index (χ2v) is 1.94. The molecule has 0 saturated heterocycles. The molecule has 0 unspecified atom stereocenters. The van der Waals surface area contributed by atoms with E-state index in [0.717, 1.165) is 5.69 Å². The van der Waals surface area contributed by atoms with Crippen molar-refractivity contribution in [2.75, 3.05) is 12.4 Å². The van der Waals surface area contributed by atoms with E-state index in [1.54, 1.807) is 19.3 Å². The number of nitrogens with one attached hydrogen (secondary N) is 1. The Morgan fingerprint density at radius 3 is 3.00 bits per heavy atom. The van der Waals surface area contributed by atoms with E-state index in [1.165, 1.54) is 0 Å². The maximum Gasteiger partial charge on any atom is 0.115 e. The fourth-order valence-corrected chi connectivity index (χ4v) is 0.710. The molecule has 0 fully saturated rings. The van der Waals surface area contributed by atoms with Gasteiger partial charge in [0.15, 0.2) is 0 Å². The van der Waals surface area contributed by atoms with Gasteiger partial charge < -0.3 is 5.32 Å². The number of aromatic nitrogens is 1. The predicted molar refractivity (Wildman–Crippen MR) is 37.6 cm³/mol. The maximum absolute atomic E-state index is 5.69. The minimum atomic E-state index is 0.646. The van der Waals surface area contributed by atoms with Crippen LogP contribution in [0.3, 0.4) is 0 Å². The molecule has 1 radical (unpaired) electrons. The van der Waals surface area contributed by atoms with E-state index in [0.29, 0.717) is 5.02 Å². The van der Waals surface area contributed by atoms with Gasteiger partial charge in [-0.15, -0.1) is 0 Å². The highest BCUT2D eigenvalue weighted by Crippen LogP contribution is 2.16. The Hall–Kier alpha value is -0.760. The summed E-state index contributed by atoms with van der Waals surface area (Å²) in [4.78, 5) is 3.74. The maximum atomic E-state index is 5.69. The van der Waals surface area contributed by atoms with Gasteiger partial charge in [-0.05, 0) is 6.07 Å². The molecule has 1 heterocycles. The zero-order valence-corrected chi connectivity index (χ0v) is 5.74. The lowest BCUT2D eigenvalue weighted by Crippen LogP contribution is -1.89. The molecular formula is C6H6ClN2. The molecule has 0 aliphatic carbocycles. The molecule has 0 aromatic carbocycles. The van der Waals surface area contributed by atoms with Crippen LogP contribution in [-0.4, -0.2) is 12.0 Å². The average molecular weight is 142 g/mol. The summed E-state index contributed by atoms with van der Waals surface area (Å²) in [5.74, 6) is 0. The smallest absolute Gasteiger partial charge is 0.115 e. The number of nitrogens with zero attached hydrogens (tertiary/aromatic N) is 1. The Bertz CT molecular complexity index is 200. The van der Waals surface area contributed by atoms with Crippen molar-refractivity contribution in [1.29, 1.82) is 0 Å². The highest BCUT2D eigenvalue weighted by atomic mass is 35.5. The monoisotopic (exact) mass is 141 g/mol. The first-order valence-electron chi connectivity index (χ1n) is 2.54. The lowest BCUT2D eigenvalue weighted by Gasteiger charge is -1.97. The molecule has 0 aliphatic heterocycles. The second kappa shape index (κ2) is 2.69. The van der Waals surface area contributed by atoms with Gasteiger partial charge in [-0.1, -0.05) is 11.6 Å². The molecule has 9 heavy (non-hydrogen) atoms. The minimum Gasteiger partial charge on any atom is -0.385 e. The molecule has 0 aliphatic rings. The van der Waals surface area contributed by atoms with Gasteiger partial charge in [0.1, 0.15) is 6.20 Å². The number of hydrogen-bond donors (Lipinski definition) is 1. The van der Waals surface area contributed by atoms with Crippen LogP contribution in [-0.2, 0) is 0 Å². The third kappa shape index (κ3) is 1.33. The molecule has 1 aromatic rings. The quantitative estimate of drug-likeness (QED) is 0.642. The predicted octanol–water partition coefficient (Wildman–Crippen LogP) is 1.58. The van der Waals surface area contributed by atoms with Crippen LogP contribution in [0.15, 0.2) is 12.3 Å². The van der Waals surface area contributed by atoms with E-state index < -0.39 is 0 Å². The van der Waals surface area contributed by atoms with Gasteiger partial charge >= 0.3 is 0 Å². The standard InChI is InChI=1S/C6H6ClN2/c1-8-6-4-9-3-2-5(6)7/h2-3,8H,1H3. The van der Waals surface area contributed by atoms with Crippen molar-refractivity contribution in [3.05, 3.63) is 23.5 Å². The van der Waals surface area contributed by atoms with Crippen LogP contribution in [0.25, 0.3) is 0 Å². The Morgan fingerprint density at radius 1 is 1.78 bits per heavy atom. The van der Waals surface area contributed by atoms with Crippen molar-refractivity contribution in [3.8, 4) is 0 Å². The summed E-state index contributed by atoms with van der Waals surface area (Å²) in [5.41, 5.74) is 0.735. The summed E-state index contributed by atoms with van der Waals surface area (Å²) >= 11 is 5.69. The zero-order chi connectivity index (χ0) is 6.69. The summed E-state index contributed by atoms with van der Waals surface area (Å²) in [6.07, 6.45) is 4.29. The first-order valence-corrected chi connectivity index (χ1v) is 2.92. The lowest BCUT2D eigenvalue weighted by atomic mass is 10.4. The number of halogens is 1. The minimum absolute atomic E-state index is 0.646. The number of pyridine rings is 1. The van der Waals surface area contributed by atoms with E-state index in [1.807, 2.05) is 0 Å². The molecule has 47 valence electrons. The normalized spacial score (nSPS) is 9.11. The Kier molecular flexibility index (Phi) is 1.90. The summed E-state index contributed by atoms with van der Waals surface area (Å²) in [6.45, 7) is 0. The third-order valence-electron chi connectivity index (χ3n) is 0.961. The lowest BCUT2D eigenvalue weighted by molar-refractivity contribution is 1.30. The van der Waals surface area contributed by atoms with Gasteiger partial charge in [0.05, 0.1) is 10.7 Å². The van der Waals surface area contributed by atoms with Crippen LogP contribution >= 0.6 is 11.6 Å². The molecule has 0 atom stereocenters. The van der Waals surface area contributed by atoms with Crippen LogP contribution in [0, 0.1) is 6.20 Å². The van der Waals surface area contributed by atoms with E-state index >= 15 is 0 Å². The van der Waals surface area contributed by atoms with E-state index in [9.17, 15) is 0 Å². The van der Waals surface area contributed by atoms with Gasteiger partial charge in [-0.3, -0.25) is 4.98 Å². The fourth-order valence-electron chi connectivity index (χ4n) is 0.517. The molecule has 0 bridgehead atoms. The molecule has 2 nitrogen and oxygen atoms in total. The summed E-state index contributed by atoms with van der Waals surface area (Å²) in [6, 6.07) is 1.71. The average Bonchev–Trinajstić information content (AvgIpc) is 1.89. The fraction of sp³-hybridized carbons (Fsp3) is 0.167. The third-order valence-corrected chi connectivity index (χ3v) is 1.28. The number of anilines is 1. The van der Waals surface area contributed by atoms with Crippen molar-refractivity contribution < 1.29 is 0 Å². The van der Waals surface area contributed by atoms with Crippen molar-refractivity contribution >= 4 is 17.3 Å². The summed E-state index contributed by atoms with van der Waals surface area (Å²) < 4.78 is 0. The SMILES string of the molecule is CNc1[c]nccc1Cl. The summed E-state index contributed by atoms with van der Waals surface area (Å²) in [5, 5.41) is 3.49. The highest BCUT2D eigenvalue weighted by molar-refractivity contribution is 6.33. The molecule has 1 rings (SSSR count). The highest BCUT2D eigenvalue weighted by Gasteiger charge is 1.93. The molecule has 1 aromatic heterocycles. The Balaban J connectivity index is 3.01. The first kappa shape index (κ1) is 6.36. The topological polar surface area (TPSA) is 24.9 Å². The molecular weight excluding hydrogens is 136 g/mol. The van der Waals surface area contributed by atoms with Crippen LogP contribution in [0.5, 0.6) is 0 Å². The van der Waals surface area contributed by atoms with Crippen LogP contribution in [0.2, 0.25) is 5.02 Å². The largest absolute Gasteiger partial charge is 0.385 e. The van der Waals surface area contributed by atoms with E-state index in [2.05, 4.69) is 16.5 Å². The van der Waals surface area contributed by atoms with Gasteiger partial charge in [-0.25, -0.2) is 0 Å². The molecule has 3 heteroatoms. The van der Waals surface area contributed by atoms with E-state index in [-0.39, 0.29) is 0 Å². The number of rotatable bonds is 1.